The van der Waals surface area contributed by atoms with Crippen LogP contribution in [0.4, 0.5) is 4.39 Å². The maximum absolute atomic E-state index is 13.5. The lowest BCUT2D eigenvalue weighted by atomic mass is 10.5. The van der Waals surface area contributed by atoms with Crippen molar-refractivity contribution in [1.82, 2.24) is 9.13 Å². The monoisotopic (exact) mass is 302 g/mol. The van der Waals surface area contributed by atoms with E-state index >= 15 is 0 Å². The van der Waals surface area contributed by atoms with Gasteiger partial charge in [-0.05, 0) is 13.8 Å². The zero-order chi connectivity index (χ0) is 16.0. The zero-order valence-electron chi connectivity index (χ0n) is 11.6. The minimum atomic E-state index is -1.26. The molecule has 0 fully saturated rings. The molecule has 0 spiro atoms. The van der Waals surface area contributed by atoms with Crippen molar-refractivity contribution in [3.63, 3.8) is 0 Å². The van der Waals surface area contributed by atoms with Gasteiger partial charge in [0.2, 0.25) is 5.82 Å². The fourth-order valence-corrected chi connectivity index (χ4v) is 1.55. The minimum Gasteiger partial charge on any atom is -0.465 e. The molecular weight excluding hydrogens is 287 g/mol. The van der Waals surface area contributed by atoms with Crippen LogP contribution in [0.25, 0.3) is 0 Å². The minimum absolute atomic E-state index is 0.0555. The number of carbonyl (C=O) groups excluding carboxylic acids is 2. The molecule has 9 heteroatoms. The van der Waals surface area contributed by atoms with E-state index in [1.54, 1.807) is 13.8 Å². The molecule has 1 aromatic rings. The van der Waals surface area contributed by atoms with Crippen LogP contribution in [0.5, 0.6) is 0 Å². The summed E-state index contributed by atoms with van der Waals surface area (Å²) in [6.45, 7) is 1.98. The van der Waals surface area contributed by atoms with E-state index in [9.17, 15) is 23.6 Å². The summed E-state index contributed by atoms with van der Waals surface area (Å²) in [7, 11) is 0. The Morgan fingerprint density at radius 2 is 1.62 bits per heavy atom. The van der Waals surface area contributed by atoms with Crippen LogP contribution in [-0.2, 0) is 32.2 Å². The molecule has 1 aromatic heterocycles. The van der Waals surface area contributed by atoms with Gasteiger partial charge in [-0.25, -0.2) is 9.36 Å². The lowest BCUT2D eigenvalue weighted by Crippen LogP contribution is -2.43. The molecule has 8 nitrogen and oxygen atoms in total. The SMILES string of the molecule is CCOC(=O)Cn1cc(F)c(=O)n(CC(=O)OCC)c1=O. The van der Waals surface area contributed by atoms with Crippen molar-refractivity contribution in [2.75, 3.05) is 13.2 Å². The predicted octanol–water partition coefficient (Wildman–Crippen LogP) is -0.725. The van der Waals surface area contributed by atoms with Crippen molar-refractivity contribution >= 4 is 11.9 Å². The van der Waals surface area contributed by atoms with Crippen molar-refractivity contribution < 1.29 is 23.5 Å². The number of hydrogen-bond acceptors (Lipinski definition) is 6. The molecule has 1 heterocycles. The van der Waals surface area contributed by atoms with Gasteiger partial charge in [0, 0.05) is 0 Å². The molecule has 0 saturated heterocycles. The summed E-state index contributed by atoms with van der Waals surface area (Å²) in [6.07, 6.45) is 0.600. The molecule has 0 saturated carbocycles. The van der Waals surface area contributed by atoms with Crippen molar-refractivity contribution in [2.45, 2.75) is 26.9 Å². The van der Waals surface area contributed by atoms with Gasteiger partial charge in [-0.15, -0.1) is 0 Å². The number of nitrogens with zero attached hydrogens (tertiary/aromatic N) is 2. The van der Waals surface area contributed by atoms with Gasteiger partial charge in [0.25, 0.3) is 5.56 Å². The number of aromatic nitrogens is 2. The van der Waals surface area contributed by atoms with E-state index in [2.05, 4.69) is 9.47 Å². The van der Waals surface area contributed by atoms with Crippen LogP contribution in [0.15, 0.2) is 15.8 Å². The van der Waals surface area contributed by atoms with Gasteiger partial charge in [0.05, 0.1) is 19.4 Å². The van der Waals surface area contributed by atoms with Crippen LogP contribution in [0.1, 0.15) is 13.8 Å². The first-order valence-corrected chi connectivity index (χ1v) is 6.21. The third-order valence-electron chi connectivity index (χ3n) is 2.39. The van der Waals surface area contributed by atoms with Gasteiger partial charge in [0.1, 0.15) is 13.1 Å². The van der Waals surface area contributed by atoms with Crippen LogP contribution in [-0.4, -0.2) is 34.3 Å². The van der Waals surface area contributed by atoms with E-state index in [-0.39, 0.29) is 13.2 Å². The number of ether oxygens (including phenoxy) is 2. The van der Waals surface area contributed by atoms with E-state index < -0.39 is 42.1 Å². The lowest BCUT2D eigenvalue weighted by Gasteiger charge is -2.09. The maximum Gasteiger partial charge on any atom is 0.332 e. The molecule has 116 valence electrons. The molecule has 0 aliphatic heterocycles. The summed E-state index contributed by atoms with van der Waals surface area (Å²) in [6, 6.07) is 0. The third-order valence-corrected chi connectivity index (χ3v) is 2.39. The highest BCUT2D eigenvalue weighted by Crippen LogP contribution is 1.91. The summed E-state index contributed by atoms with van der Waals surface area (Å²) < 4.78 is 23.7. The Morgan fingerprint density at radius 3 is 2.14 bits per heavy atom. The van der Waals surface area contributed by atoms with Crippen molar-refractivity contribution in [3.8, 4) is 0 Å². The Morgan fingerprint density at radius 1 is 1.10 bits per heavy atom. The van der Waals surface area contributed by atoms with Crippen molar-refractivity contribution in [1.29, 1.82) is 0 Å². The van der Waals surface area contributed by atoms with Gasteiger partial charge >= 0.3 is 17.6 Å². The highest BCUT2D eigenvalue weighted by molar-refractivity contribution is 5.69. The van der Waals surface area contributed by atoms with E-state index in [1.807, 2.05) is 0 Å². The van der Waals surface area contributed by atoms with E-state index in [1.165, 1.54) is 0 Å². The summed E-state index contributed by atoms with van der Waals surface area (Å²) in [5, 5.41) is 0. The summed E-state index contributed by atoms with van der Waals surface area (Å²) in [5.74, 6) is -2.88. The standard InChI is InChI=1S/C12H15FN2O6/c1-3-20-9(16)6-14-5-8(13)11(18)15(12(14)19)7-10(17)21-4-2/h5H,3-4,6-7H2,1-2H3. The molecule has 0 amide bonds. The second kappa shape index (κ2) is 7.36. The van der Waals surface area contributed by atoms with Gasteiger partial charge in [-0.1, -0.05) is 0 Å². The molecule has 0 aliphatic carbocycles. The third kappa shape index (κ3) is 4.26. The number of carbonyl (C=O) groups is 2. The maximum atomic E-state index is 13.5. The molecule has 0 aliphatic rings. The Bertz CT molecular complexity index is 648. The summed E-state index contributed by atoms with van der Waals surface area (Å²) >= 11 is 0. The fraction of sp³-hybridized carbons (Fsp3) is 0.500. The van der Waals surface area contributed by atoms with Crippen LogP contribution in [0.3, 0.4) is 0 Å². The van der Waals surface area contributed by atoms with Crippen LogP contribution < -0.4 is 11.2 Å². The molecule has 0 aromatic carbocycles. The first-order chi connectivity index (χ1) is 9.90. The number of esters is 2. The topological polar surface area (TPSA) is 96.6 Å². The Hall–Kier alpha value is -2.45. The lowest BCUT2D eigenvalue weighted by molar-refractivity contribution is -0.144. The number of rotatable bonds is 6. The first kappa shape index (κ1) is 16.6. The average molecular weight is 302 g/mol. The van der Waals surface area contributed by atoms with E-state index in [0.717, 1.165) is 0 Å². The summed E-state index contributed by atoms with van der Waals surface area (Å²) in [4.78, 5) is 46.1. The molecule has 1 rings (SSSR count). The highest BCUT2D eigenvalue weighted by Gasteiger charge is 2.16. The smallest absolute Gasteiger partial charge is 0.332 e. The molecule has 0 bridgehead atoms. The second-order valence-electron chi connectivity index (χ2n) is 3.89. The largest absolute Gasteiger partial charge is 0.465 e. The fourth-order valence-electron chi connectivity index (χ4n) is 1.55. The van der Waals surface area contributed by atoms with Gasteiger partial charge < -0.3 is 9.47 Å². The molecular formula is C12H15FN2O6. The Balaban J connectivity index is 3.16. The highest BCUT2D eigenvalue weighted by atomic mass is 19.1. The van der Waals surface area contributed by atoms with Crippen LogP contribution >= 0.6 is 0 Å². The van der Waals surface area contributed by atoms with E-state index in [0.29, 0.717) is 15.3 Å². The first-order valence-electron chi connectivity index (χ1n) is 6.21. The summed E-state index contributed by atoms with van der Waals surface area (Å²) in [5.41, 5.74) is -2.25. The van der Waals surface area contributed by atoms with Gasteiger partial charge in [0.15, 0.2) is 0 Å². The molecule has 0 atom stereocenters. The van der Waals surface area contributed by atoms with Crippen LogP contribution in [0.2, 0.25) is 0 Å². The van der Waals surface area contributed by atoms with Crippen molar-refractivity contribution in [2.24, 2.45) is 0 Å². The molecule has 0 N–H and O–H groups in total. The normalized spacial score (nSPS) is 10.2. The molecule has 21 heavy (non-hydrogen) atoms. The predicted molar refractivity (Wildman–Crippen MR) is 68.2 cm³/mol. The number of hydrogen-bond donors (Lipinski definition) is 0. The quantitative estimate of drug-likeness (QED) is 0.643. The van der Waals surface area contributed by atoms with Gasteiger partial charge in [-0.2, -0.15) is 4.39 Å². The Labute approximate surface area is 118 Å². The van der Waals surface area contributed by atoms with E-state index in [4.69, 9.17) is 0 Å². The number of halogens is 1. The average Bonchev–Trinajstić information content (AvgIpc) is 2.41. The Kier molecular flexibility index (Phi) is 5.82. The zero-order valence-corrected chi connectivity index (χ0v) is 11.6. The second-order valence-corrected chi connectivity index (χ2v) is 3.89. The molecule has 0 unspecified atom stereocenters. The van der Waals surface area contributed by atoms with Crippen molar-refractivity contribution in [3.05, 3.63) is 32.9 Å². The van der Waals surface area contributed by atoms with Gasteiger partial charge in [-0.3, -0.25) is 19.0 Å². The molecule has 0 radical (unpaired) electrons. The van der Waals surface area contributed by atoms with Crippen LogP contribution in [0, 0.1) is 5.82 Å².